The van der Waals surface area contributed by atoms with E-state index in [2.05, 4.69) is 128 Å². The number of aromatic nitrogens is 6. The van der Waals surface area contributed by atoms with Crippen molar-refractivity contribution >= 4 is 33.1 Å². The number of nitrogens with zero attached hydrogens (tertiary/aromatic N) is 6. The van der Waals surface area contributed by atoms with Crippen molar-refractivity contribution < 1.29 is 0 Å². The molecule has 6 nitrogen and oxygen atoms in total. The smallest absolute Gasteiger partial charge is 0.114 e. The highest BCUT2D eigenvalue weighted by atomic mass is 15.1. The fourth-order valence-corrected chi connectivity index (χ4v) is 7.55. The van der Waals surface area contributed by atoms with Crippen molar-refractivity contribution in [3.05, 3.63) is 124 Å². The third-order valence-corrected chi connectivity index (χ3v) is 9.89. The minimum Gasteiger partial charge on any atom is -0.331 e. The van der Waals surface area contributed by atoms with Crippen molar-refractivity contribution in [1.29, 1.82) is 0 Å². The van der Waals surface area contributed by atoms with E-state index in [9.17, 15) is 0 Å². The quantitative estimate of drug-likeness (QED) is 0.171. The first-order valence-corrected chi connectivity index (χ1v) is 16.3. The largest absolute Gasteiger partial charge is 0.331 e. The normalized spacial score (nSPS) is 11.9. The van der Waals surface area contributed by atoms with Gasteiger partial charge in [0.1, 0.15) is 17.5 Å². The van der Waals surface area contributed by atoms with Crippen LogP contribution in [0.4, 0.5) is 0 Å². The number of hydrogen-bond donors (Lipinski definition) is 0. The summed E-state index contributed by atoms with van der Waals surface area (Å²) in [6.07, 6.45) is 5.28. The minimum absolute atomic E-state index is 0.798. The van der Waals surface area contributed by atoms with Gasteiger partial charge >= 0.3 is 0 Å². The first-order chi connectivity index (χ1) is 21.9. The highest BCUT2D eigenvalue weighted by Crippen LogP contribution is 2.35. The molecule has 0 aliphatic rings. The number of imidazole rings is 3. The number of benzene rings is 4. The molecule has 45 heavy (non-hydrogen) atoms. The molecule has 228 valence electrons. The maximum atomic E-state index is 5.14. The second kappa shape index (κ2) is 11.7. The van der Waals surface area contributed by atoms with Crippen LogP contribution in [0.1, 0.15) is 71.6 Å². The third kappa shape index (κ3) is 4.84. The molecule has 0 saturated heterocycles. The summed E-state index contributed by atoms with van der Waals surface area (Å²) < 4.78 is 6.83. The lowest BCUT2D eigenvalue weighted by Gasteiger charge is -2.26. The average molecular weight is 595 g/mol. The first kappa shape index (κ1) is 29.0. The Morgan fingerprint density at radius 2 is 0.667 bits per heavy atom. The zero-order chi connectivity index (χ0) is 31.2. The van der Waals surface area contributed by atoms with Crippen LogP contribution in [0.15, 0.2) is 72.8 Å². The third-order valence-electron chi connectivity index (χ3n) is 9.89. The zero-order valence-electron chi connectivity index (χ0n) is 27.4. The van der Waals surface area contributed by atoms with Gasteiger partial charge in [-0.25, -0.2) is 15.0 Å². The van der Waals surface area contributed by atoms with Crippen LogP contribution >= 0.6 is 0 Å². The number of para-hydroxylation sites is 6. The Morgan fingerprint density at radius 3 is 0.911 bits per heavy atom. The maximum absolute atomic E-state index is 5.14. The van der Waals surface area contributed by atoms with Crippen molar-refractivity contribution in [3.63, 3.8) is 0 Å². The summed E-state index contributed by atoms with van der Waals surface area (Å²) in [5, 5.41) is 0. The number of aryl methyl sites for hydroxylation is 3. The van der Waals surface area contributed by atoms with Gasteiger partial charge in [-0.05, 0) is 89.0 Å². The molecule has 0 unspecified atom stereocenters. The second-order valence-electron chi connectivity index (χ2n) is 12.2. The van der Waals surface area contributed by atoms with E-state index in [0.717, 1.165) is 72.5 Å². The summed E-state index contributed by atoms with van der Waals surface area (Å²) in [4.78, 5) is 15.4. The fourth-order valence-electron chi connectivity index (χ4n) is 7.55. The van der Waals surface area contributed by atoms with Crippen molar-refractivity contribution in [3.8, 4) is 0 Å². The molecule has 0 aliphatic carbocycles. The first-order valence-electron chi connectivity index (χ1n) is 16.3. The van der Waals surface area contributed by atoms with Crippen LogP contribution in [0.2, 0.25) is 0 Å². The van der Waals surface area contributed by atoms with Gasteiger partial charge in [-0.1, -0.05) is 57.2 Å². The molecular formula is C39H42N6. The molecule has 0 fully saturated rings. The highest BCUT2D eigenvalue weighted by Gasteiger charge is 2.25. The number of rotatable bonds is 9. The maximum Gasteiger partial charge on any atom is 0.114 e. The monoisotopic (exact) mass is 594 g/mol. The van der Waals surface area contributed by atoms with Crippen LogP contribution in [0, 0.1) is 0 Å². The molecule has 0 spiro atoms. The molecule has 0 atom stereocenters. The molecule has 7 rings (SSSR count). The molecule has 0 saturated carbocycles. The molecule has 0 amide bonds. The van der Waals surface area contributed by atoms with E-state index in [0.29, 0.717) is 0 Å². The van der Waals surface area contributed by atoms with Crippen LogP contribution in [0.3, 0.4) is 0 Å². The Hall–Kier alpha value is -4.71. The van der Waals surface area contributed by atoms with E-state index in [1.54, 1.807) is 0 Å². The standard InChI is InChI=1S/C39H42N6/c1-7-25-28(22-37-40-31-16-10-13-19-34(31)43(37)4)26(8-2)30(24-39-42-33-18-12-15-21-36(33)45(39)6)27(9-3)29(25)23-38-41-32-17-11-14-20-35(32)44(38)5/h10-21H,7-9,22-24H2,1-6H3. The van der Waals surface area contributed by atoms with Crippen molar-refractivity contribution in [1.82, 2.24) is 28.7 Å². The Bertz CT molecular complexity index is 1920. The van der Waals surface area contributed by atoms with Gasteiger partial charge in [0.2, 0.25) is 0 Å². The van der Waals surface area contributed by atoms with Gasteiger partial charge in [0.15, 0.2) is 0 Å². The lowest BCUT2D eigenvalue weighted by molar-refractivity contribution is 0.791. The summed E-state index contributed by atoms with van der Waals surface area (Å²) >= 11 is 0. The molecule has 0 radical (unpaired) electrons. The predicted octanol–water partition coefficient (Wildman–Crippen LogP) is 7.81. The van der Waals surface area contributed by atoms with Gasteiger partial charge in [-0.2, -0.15) is 0 Å². The number of hydrogen-bond acceptors (Lipinski definition) is 3. The van der Waals surface area contributed by atoms with E-state index in [4.69, 9.17) is 15.0 Å². The van der Waals surface area contributed by atoms with Gasteiger partial charge in [0.25, 0.3) is 0 Å². The van der Waals surface area contributed by atoms with Gasteiger partial charge in [-0.15, -0.1) is 0 Å². The van der Waals surface area contributed by atoms with E-state index >= 15 is 0 Å². The Balaban J connectivity index is 1.47. The van der Waals surface area contributed by atoms with Crippen LogP contribution in [-0.4, -0.2) is 28.7 Å². The molecule has 3 heterocycles. The Morgan fingerprint density at radius 1 is 0.400 bits per heavy atom. The van der Waals surface area contributed by atoms with Crippen LogP contribution in [0.25, 0.3) is 33.1 Å². The van der Waals surface area contributed by atoms with E-state index in [1.807, 2.05) is 0 Å². The second-order valence-corrected chi connectivity index (χ2v) is 12.2. The van der Waals surface area contributed by atoms with Crippen molar-refractivity contribution in [2.45, 2.75) is 59.3 Å². The van der Waals surface area contributed by atoms with Crippen LogP contribution < -0.4 is 0 Å². The lowest BCUT2D eigenvalue weighted by Crippen LogP contribution is -2.17. The number of fused-ring (bicyclic) bond motifs is 3. The van der Waals surface area contributed by atoms with Gasteiger partial charge in [0.05, 0.1) is 33.1 Å². The Kier molecular flexibility index (Phi) is 7.52. The van der Waals surface area contributed by atoms with Gasteiger partial charge < -0.3 is 13.7 Å². The van der Waals surface area contributed by atoms with Crippen molar-refractivity contribution in [2.75, 3.05) is 0 Å². The lowest BCUT2D eigenvalue weighted by atomic mass is 9.80. The molecule has 4 aromatic carbocycles. The van der Waals surface area contributed by atoms with Gasteiger partial charge in [0, 0.05) is 40.4 Å². The molecule has 0 N–H and O–H groups in total. The molecule has 6 heteroatoms. The fraction of sp³-hybridized carbons (Fsp3) is 0.308. The van der Waals surface area contributed by atoms with Crippen LogP contribution in [-0.2, 0) is 59.7 Å². The molecule has 3 aromatic heterocycles. The average Bonchev–Trinajstić information content (AvgIpc) is 3.67. The molecule has 0 bridgehead atoms. The summed E-state index contributed by atoms with van der Waals surface area (Å²) in [5.41, 5.74) is 15.3. The SMILES string of the molecule is CCc1c(Cc2nc3ccccc3n2C)c(CC)c(Cc2nc3ccccc3n2C)c(CC)c1Cc1nc2ccccc2n1C. The predicted molar refractivity (Wildman–Crippen MR) is 185 cm³/mol. The van der Waals surface area contributed by atoms with Gasteiger partial charge in [-0.3, -0.25) is 0 Å². The summed E-state index contributed by atoms with van der Waals surface area (Å²) in [5.74, 6) is 3.31. The zero-order valence-corrected chi connectivity index (χ0v) is 27.4. The molecular weight excluding hydrogens is 552 g/mol. The summed E-state index contributed by atoms with van der Waals surface area (Å²) in [6, 6.07) is 25.4. The Labute approximate surface area is 265 Å². The topological polar surface area (TPSA) is 53.5 Å². The van der Waals surface area contributed by atoms with E-state index < -0.39 is 0 Å². The minimum atomic E-state index is 0.798. The van der Waals surface area contributed by atoms with E-state index in [-0.39, 0.29) is 0 Å². The van der Waals surface area contributed by atoms with Crippen molar-refractivity contribution in [2.24, 2.45) is 21.1 Å². The summed E-state index contributed by atoms with van der Waals surface area (Å²) in [6.45, 7) is 6.95. The summed E-state index contributed by atoms with van der Waals surface area (Å²) in [7, 11) is 6.47. The molecule has 0 aliphatic heterocycles. The molecule has 7 aromatic rings. The highest BCUT2D eigenvalue weighted by molar-refractivity contribution is 5.77. The van der Waals surface area contributed by atoms with Crippen LogP contribution in [0.5, 0.6) is 0 Å². The van der Waals surface area contributed by atoms with E-state index in [1.165, 1.54) is 49.9 Å².